The van der Waals surface area contributed by atoms with Crippen LogP contribution in [0.3, 0.4) is 0 Å². The van der Waals surface area contributed by atoms with Crippen LogP contribution in [0.5, 0.6) is 0 Å². The lowest BCUT2D eigenvalue weighted by atomic mass is 9.98. The largest absolute Gasteiger partial charge is 0.390 e. The minimum Gasteiger partial charge on any atom is -0.390 e. The van der Waals surface area contributed by atoms with Crippen molar-refractivity contribution < 1.29 is 19.5 Å². The third kappa shape index (κ3) is 7.18. The number of carbonyl (C=O) groups excluding carboxylic acids is 3. The average molecular weight is 519 g/mol. The molecule has 0 radical (unpaired) electrons. The number of aliphatic hydroxyl groups is 1. The van der Waals surface area contributed by atoms with Crippen LogP contribution in [-0.2, 0) is 20.8 Å². The summed E-state index contributed by atoms with van der Waals surface area (Å²) >= 11 is 0. The number of hydrogen-bond acceptors (Lipinski definition) is 5. The molecule has 1 aliphatic rings. The maximum atomic E-state index is 13.4. The molecule has 9 heteroatoms. The van der Waals surface area contributed by atoms with Gasteiger partial charge in [-0.1, -0.05) is 56.3 Å². The molecule has 3 atom stereocenters. The molecule has 8 nitrogen and oxygen atoms in total. The Balaban J connectivity index is 0.00000456. The fourth-order valence-electron chi connectivity index (χ4n) is 4.77. The van der Waals surface area contributed by atoms with Gasteiger partial charge in [0.2, 0.25) is 17.7 Å². The van der Waals surface area contributed by atoms with Gasteiger partial charge in [0.05, 0.1) is 6.10 Å². The molecule has 2 aromatic rings. The van der Waals surface area contributed by atoms with E-state index in [0.29, 0.717) is 13.0 Å². The Kier molecular flexibility index (Phi) is 11.6. The average Bonchev–Trinajstić information content (AvgIpc) is 3.37. The number of hydrogen-bond donors (Lipinski definition) is 4. The minimum absolute atomic E-state index is 0. The lowest BCUT2D eigenvalue weighted by Gasteiger charge is -2.29. The van der Waals surface area contributed by atoms with E-state index in [4.69, 9.17) is 5.73 Å². The second-order valence-corrected chi connectivity index (χ2v) is 9.24. The van der Waals surface area contributed by atoms with Crippen molar-refractivity contribution in [2.75, 3.05) is 19.6 Å². The van der Waals surface area contributed by atoms with Gasteiger partial charge in [-0.3, -0.25) is 14.4 Å². The number of amides is 3. The van der Waals surface area contributed by atoms with Crippen molar-refractivity contribution in [1.82, 2.24) is 15.5 Å². The lowest BCUT2D eigenvalue weighted by Crippen LogP contribution is -2.55. The minimum atomic E-state index is -0.865. The fraction of sp³-hybridized carbons (Fsp3) is 0.519. The molecule has 1 saturated heterocycles. The van der Waals surface area contributed by atoms with Crippen molar-refractivity contribution in [3.05, 3.63) is 48.0 Å². The van der Waals surface area contributed by atoms with E-state index in [1.54, 1.807) is 4.90 Å². The lowest BCUT2D eigenvalue weighted by molar-refractivity contribution is -0.142. The van der Waals surface area contributed by atoms with E-state index in [1.165, 1.54) is 0 Å². The van der Waals surface area contributed by atoms with Crippen LogP contribution < -0.4 is 16.4 Å². The zero-order chi connectivity index (χ0) is 25.4. The monoisotopic (exact) mass is 518 g/mol. The Hall–Kier alpha value is -2.68. The van der Waals surface area contributed by atoms with Crippen molar-refractivity contribution >= 4 is 40.9 Å². The quantitative estimate of drug-likeness (QED) is 0.363. The first kappa shape index (κ1) is 29.5. The molecule has 198 valence electrons. The van der Waals surface area contributed by atoms with Crippen LogP contribution in [0.15, 0.2) is 42.5 Å². The number of carbonyl (C=O) groups is 3. The number of nitrogens with two attached hydrogens (primary N) is 1. The van der Waals surface area contributed by atoms with Crippen LogP contribution in [-0.4, -0.2) is 65.5 Å². The van der Waals surface area contributed by atoms with Gasteiger partial charge >= 0.3 is 0 Å². The van der Waals surface area contributed by atoms with Gasteiger partial charge in [0.25, 0.3) is 0 Å². The molecule has 2 aromatic carbocycles. The summed E-state index contributed by atoms with van der Waals surface area (Å²) in [4.78, 5) is 41.2. The number of rotatable bonds is 11. The van der Waals surface area contributed by atoms with Gasteiger partial charge in [-0.25, -0.2) is 0 Å². The molecule has 0 saturated carbocycles. The molecule has 5 N–H and O–H groups in total. The van der Waals surface area contributed by atoms with Crippen LogP contribution in [0.4, 0.5) is 0 Å². The Morgan fingerprint density at radius 3 is 2.50 bits per heavy atom. The SMILES string of the molecule is CCC(CC)C(=O)N1CCCC1C(=O)N[C@H](Cc1cccc2ccccc12)C(=O)NCC(O)CN.Cl. The molecule has 2 unspecified atom stereocenters. The fourth-order valence-corrected chi connectivity index (χ4v) is 4.77. The highest BCUT2D eigenvalue weighted by Crippen LogP contribution is 2.24. The Labute approximate surface area is 219 Å². The van der Waals surface area contributed by atoms with E-state index in [2.05, 4.69) is 10.6 Å². The molecule has 1 aliphatic heterocycles. The highest BCUT2D eigenvalue weighted by molar-refractivity contribution is 5.93. The van der Waals surface area contributed by atoms with Crippen LogP contribution in [0, 0.1) is 5.92 Å². The van der Waals surface area contributed by atoms with E-state index in [9.17, 15) is 19.5 Å². The van der Waals surface area contributed by atoms with Crippen molar-refractivity contribution in [2.24, 2.45) is 11.7 Å². The number of likely N-dealkylation sites (tertiary alicyclic amines) is 1. The van der Waals surface area contributed by atoms with Crippen molar-refractivity contribution in [3.8, 4) is 0 Å². The molecular formula is C27H39ClN4O4. The van der Waals surface area contributed by atoms with Gasteiger partial charge in [-0.2, -0.15) is 0 Å². The zero-order valence-electron chi connectivity index (χ0n) is 21.1. The number of nitrogens with zero attached hydrogens (tertiary/aromatic N) is 1. The van der Waals surface area contributed by atoms with Crippen LogP contribution in [0.1, 0.15) is 45.1 Å². The van der Waals surface area contributed by atoms with Crippen molar-refractivity contribution in [3.63, 3.8) is 0 Å². The third-order valence-electron chi connectivity index (χ3n) is 6.89. The topological polar surface area (TPSA) is 125 Å². The highest BCUT2D eigenvalue weighted by atomic mass is 35.5. The summed E-state index contributed by atoms with van der Waals surface area (Å²) in [5.41, 5.74) is 6.40. The summed E-state index contributed by atoms with van der Waals surface area (Å²) in [5, 5.41) is 17.5. The number of nitrogens with one attached hydrogen (secondary N) is 2. The Morgan fingerprint density at radius 2 is 1.81 bits per heavy atom. The summed E-state index contributed by atoms with van der Waals surface area (Å²) < 4.78 is 0. The molecule has 0 aliphatic carbocycles. The predicted molar refractivity (Wildman–Crippen MR) is 144 cm³/mol. The first-order valence-corrected chi connectivity index (χ1v) is 12.6. The number of aliphatic hydroxyl groups excluding tert-OH is 1. The van der Waals surface area contributed by atoms with Gasteiger partial charge in [-0.05, 0) is 42.0 Å². The molecule has 1 fully saturated rings. The van der Waals surface area contributed by atoms with Gasteiger partial charge in [-0.15, -0.1) is 12.4 Å². The summed E-state index contributed by atoms with van der Waals surface area (Å²) in [6, 6.07) is 12.3. The maximum absolute atomic E-state index is 13.4. The first-order valence-electron chi connectivity index (χ1n) is 12.6. The summed E-state index contributed by atoms with van der Waals surface area (Å²) in [6.07, 6.45) is 2.21. The Bertz CT molecular complexity index is 1020. The van der Waals surface area contributed by atoms with Crippen LogP contribution in [0.25, 0.3) is 10.8 Å². The molecule has 36 heavy (non-hydrogen) atoms. The molecule has 3 amide bonds. The standard InChI is InChI=1S/C27H38N4O4.ClH/c1-3-18(4-2)27(35)31-14-8-13-24(31)26(34)30-23(25(33)29-17-21(32)16-28)15-20-11-7-10-19-9-5-6-12-22(19)20;/h5-7,9-12,18,21,23-24,32H,3-4,8,13-17,28H2,1-2H3,(H,29,33)(H,30,34);1H/t21?,23-,24?;/m1./s1. The van der Waals surface area contributed by atoms with E-state index in [0.717, 1.165) is 35.6 Å². The molecule has 0 spiro atoms. The molecule has 0 aromatic heterocycles. The molecular weight excluding hydrogens is 480 g/mol. The zero-order valence-corrected chi connectivity index (χ0v) is 21.9. The van der Waals surface area contributed by atoms with Gasteiger partial charge < -0.3 is 26.4 Å². The number of benzene rings is 2. The normalized spacial score (nSPS) is 16.9. The second-order valence-electron chi connectivity index (χ2n) is 9.24. The number of fused-ring (bicyclic) bond motifs is 1. The molecule has 1 heterocycles. The second kappa shape index (κ2) is 14.2. The van der Waals surface area contributed by atoms with Crippen LogP contribution in [0.2, 0.25) is 0 Å². The molecule has 3 rings (SSSR count). The first-order chi connectivity index (χ1) is 16.9. The van der Waals surface area contributed by atoms with Crippen molar-refractivity contribution in [1.29, 1.82) is 0 Å². The smallest absolute Gasteiger partial charge is 0.243 e. The maximum Gasteiger partial charge on any atom is 0.243 e. The number of halogens is 1. The van der Waals surface area contributed by atoms with Crippen molar-refractivity contribution in [2.45, 2.75) is 64.1 Å². The Morgan fingerprint density at radius 1 is 1.11 bits per heavy atom. The van der Waals surface area contributed by atoms with Crippen LogP contribution >= 0.6 is 12.4 Å². The highest BCUT2D eigenvalue weighted by Gasteiger charge is 2.37. The van der Waals surface area contributed by atoms with E-state index < -0.39 is 24.1 Å². The summed E-state index contributed by atoms with van der Waals surface area (Å²) in [6.45, 7) is 4.54. The third-order valence-corrected chi connectivity index (χ3v) is 6.89. The predicted octanol–water partition coefficient (Wildman–Crippen LogP) is 2.15. The van der Waals surface area contributed by atoms with Gasteiger partial charge in [0.15, 0.2) is 0 Å². The van der Waals surface area contributed by atoms with Gasteiger partial charge in [0, 0.05) is 32.0 Å². The summed E-state index contributed by atoms with van der Waals surface area (Å²) in [7, 11) is 0. The van der Waals surface area contributed by atoms with E-state index >= 15 is 0 Å². The van der Waals surface area contributed by atoms with Gasteiger partial charge in [0.1, 0.15) is 12.1 Å². The van der Waals surface area contributed by atoms with E-state index in [1.807, 2.05) is 56.3 Å². The molecule has 0 bridgehead atoms. The summed E-state index contributed by atoms with van der Waals surface area (Å²) in [5.74, 6) is -0.805. The van der Waals surface area contributed by atoms with E-state index in [-0.39, 0.29) is 49.6 Å².